The van der Waals surface area contributed by atoms with Gasteiger partial charge in [-0.3, -0.25) is 0 Å². The Hall–Kier alpha value is -2.70. The van der Waals surface area contributed by atoms with Crippen LogP contribution in [0.1, 0.15) is 33.6 Å². The number of carbonyl (C=O) groups excluding carboxylic acids is 2. The lowest BCUT2D eigenvalue weighted by Crippen LogP contribution is -2.47. The molecule has 0 aliphatic carbocycles. The number of urea groups is 1. The highest BCUT2D eigenvalue weighted by Crippen LogP contribution is 2.21. The monoisotopic (exact) mass is 386 g/mol. The molecule has 7 nitrogen and oxygen atoms in total. The molecule has 0 atom stereocenters. The van der Waals surface area contributed by atoms with Gasteiger partial charge < -0.3 is 24.8 Å². The first-order chi connectivity index (χ1) is 13.5. The average Bonchev–Trinajstić information content (AvgIpc) is 3.04. The van der Waals surface area contributed by atoms with E-state index in [0.29, 0.717) is 25.6 Å². The minimum Gasteiger partial charge on any atom is -0.450 e. The second-order valence-corrected chi connectivity index (χ2v) is 7.69. The Balaban J connectivity index is 1.52. The Labute approximate surface area is 166 Å². The molecule has 1 aliphatic heterocycles. The summed E-state index contributed by atoms with van der Waals surface area (Å²) >= 11 is 0. The first-order valence-electron chi connectivity index (χ1n) is 10.0. The summed E-state index contributed by atoms with van der Waals surface area (Å²) in [5.41, 5.74) is 1.95. The van der Waals surface area contributed by atoms with Crippen molar-refractivity contribution in [3.8, 4) is 0 Å². The molecule has 1 aliphatic rings. The zero-order chi connectivity index (χ0) is 20.1. The first-order valence-corrected chi connectivity index (χ1v) is 10.0. The quantitative estimate of drug-likeness (QED) is 0.814. The van der Waals surface area contributed by atoms with Crippen molar-refractivity contribution < 1.29 is 14.3 Å². The van der Waals surface area contributed by atoms with Crippen LogP contribution in [0.15, 0.2) is 30.5 Å². The van der Waals surface area contributed by atoms with E-state index < -0.39 is 0 Å². The summed E-state index contributed by atoms with van der Waals surface area (Å²) in [5.74, 6) is 0.578. The number of rotatable bonds is 5. The lowest BCUT2D eigenvalue weighted by molar-refractivity contribution is 0.0959. The maximum absolute atomic E-state index is 12.4. The zero-order valence-electron chi connectivity index (χ0n) is 16.9. The minimum atomic E-state index is -0.275. The number of nitrogens with one attached hydrogen (secondary N) is 2. The van der Waals surface area contributed by atoms with Crippen LogP contribution in [0.4, 0.5) is 15.3 Å². The predicted molar refractivity (Wildman–Crippen MR) is 111 cm³/mol. The molecular weight excluding hydrogens is 356 g/mol. The topological polar surface area (TPSA) is 75.6 Å². The van der Waals surface area contributed by atoms with Gasteiger partial charge in [0.1, 0.15) is 0 Å². The Morgan fingerprint density at radius 3 is 2.64 bits per heavy atom. The lowest BCUT2D eigenvalue weighted by atomic mass is 10.1. The summed E-state index contributed by atoms with van der Waals surface area (Å²) in [6.07, 6.45) is 3.27. The Kier molecular flexibility index (Phi) is 6.44. The van der Waals surface area contributed by atoms with E-state index in [1.54, 1.807) is 11.8 Å². The maximum atomic E-state index is 12.4. The number of piperidine rings is 1. The number of fused-ring (bicyclic) bond motifs is 1. The molecule has 1 saturated heterocycles. The van der Waals surface area contributed by atoms with Crippen molar-refractivity contribution in [3.63, 3.8) is 0 Å². The van der Waals surface area contributed by atoms with Gasteiger partial charge in [0, 0.05) is 48.5 Å². The molecule has 2 aromatic rings. The Morgan fingerprint density at radius 1 is 1.21 bits per heavy atom. The summed E-state index contributed by atoms with van der Waals surface area (Å²) in [7, 11) is 0. The average molecular weight is 386 g/mol. The van der Waals surface area contributed by atoms with Crippen molar-refractivity contribution in [2.75, 3.05) is 25.0 Å². The van der Waals surface area contributed by atoms with Crippen molar-refractivity contribution in [3.05, 3.63) is 30.5 Å². The standard InChI is InChI=1S/C21H30N4O3/c1-4-28-21(27)24-11-8-17(9-12-24)22-20(26)23-18-5-6-19-16(13-18)7-10-25(19)14-15(2)3/h5-7,10,13,15,17H,4,8-9,11-12,14H2,1-3H3,(H2,22,23,26). The summed E-state index contributed by atoms with van der Waals surface area (Å²) in [6, 6.07) is 7.89. The summed E-state index contributed by atoms with van der Waals surface area (Å²) in [5, 5.41) is 7.04. The third kappa shape index (κ3) is 4.97. The van der Waals surface area contributed by atoms with Gasteiger partial charge in [0.25, 0.3) is 0 Å². The molecule has 0 saturated carbocycles. The normalized spacial score (nSPS) is 15.1. The number of aromatic nitrogens is 1. The number of nitrogens with zero attached hydrogens (tertiary/aromatic N) is 2. The van der Waals surface area contributed by atoms with Gasteiger partial charge in [-0.2, -0.15) is 0 Å². The number of anilines is 1. The molecule has 7 heteroatoms. The number of amides is 3. The van der Waals surface area contributed by atoms with Gasteiger partial charge in [-0.05, 0) is 49.9 Å². The van der Waals surface area contributed by atoms with Crippen molar-refractivity contribution >= 4 is 28.7 Å². The molecule has 0 bridgehead atoms. The van der Waals surface area contributed by atoms with E-state index in [4.69, 9.17) is 4.74 Å². The summed E-state index contributed by atoms with van der Waals surface area (Å²) < 4.78 is 7.26. The van der Waals surface area contributed by atoms with Crippen LogP contribution in [0.25, 0.3) is 10.9 Å². The Morgan fingerprint density at radius 2 is 1.96 bits per heavy atom. The van der Waals surface area contributed by atoms with E-state index in [1.807, 2.05) is 18.2 Å². The van der Waals surface area contributed by atoms with E-state index in [9.17, 15) is 9.59 Å². The molecular formula is C21H30N4O3. The molecule has 3 amide bonds. The molecule has 1 aromatic heterocycles. The molecule has 0 unspecified atom stereocenters. The number of ether oxygens (including phenoxy) is 1. The Bertz CT molecular complexity index is 822. The third-order valence-electron chi connectivity index (χ3n) is 4.95. The van der Waals surface area contributed by atoms with Crippen LogP contribution in [0, 0.1) is 5.92 Å². The van der Waals surface area contributed by atoms with Gasteiger partial charge in [0.2, 0.25) is 0 Å². The fourth-order valence-corrected chi connectivity index (χ4v) is 3.60. The zero-order valence-corrected chi connectivity index (χ0v) is 16.9. The van der Waals surface area contributed by atoms with Crippen molar-refractivity contribution in [2.45, 2.75) is 46.2 Å². The van der Waals surface area contributed by atoms with E-state index in [1.165, 1.54) is 5.52 Å². The maximum Gasteiger partial charge on any atom is 0.409 e. The molecule has 1 aromatic carbocycles. The lowest BCUT2D eigenvalue weighted by Gasteiger charge is -2.31. The van der Waals surface area contributed by atoms with Crippen LogP contribution in [0.3, 0.4) is 0 Å². The molecule has 2 heterocycles. The van der Waals surface area contributed by atoms with Crippen molar-refractivity contribution in [2.24, 2.45) is 5.92 Å². The van der Waals surface area contributed by atoms with Crippen LogP contribution in [-0.2, 0) is 11.3 Å². The molecule has 2 N–H and O–H groups in total. The van der Waals surface area contributed by atoms with Crippen molar-refractivity contribution in [1.82, 2.24) is 14.8 Å². The van der Waals surface area contributed by atoms with Gasteiger partial charge in [0.15, 0.2) is 0 Å². The largest absolute Gasteiger partial charge is 0.450 e. The summed E-state index contributed by atoms with van der Waals surface area (Å²) in [6.45, 7) is 8.74. The van der Waals surface area contributed by atoms with Crippen LogP contribution in [0.2, 0.25) is 0 Å². The third-order valence-corrected chi connectivity index (χ3v) is 4.95. The van der Waals surface area contributed by atoms with Crippen LogP contribution in [-0.4, -0.2) is 47.3 Å². The predicted octanol–water partition coefficient (Wildman–Crippen LogP) is 4.04. The van der Waals surface area contributed by atoms with E-state index in [2.05, 4.69) is 41.3 Å². The molecule has 1 fully saturated rings. The van der Waals surface area contributed by atoms with E-state index in [-0.39, 0.29) is 18.2 Å². The molecule has 28 heavy (non-hydrogen) atoms. The fourth-order valence-electron chi connectivity index (χ4n) is 3.60. The van der Waals surface area contributed by atoms with Crippen LogP contribution >= 0.6 is 0 Å². The van der Waals surface area contributed by atoms with Gasteiger partial charge in [-0.15, -0.1) is 0 Å². The molecule has 0 spiro atoms. The number of hydrogen-bond acceptors (Lipinski definition) is 3. The fraction of sp³-hybridized carbons (Fsp3) is 0.524. The highest BCUT2D eigenvalue weighted by atomic mass is 16.6. The highest BCUT2D eigenvalue weighted by Gasteiger charge is 2.24. The second kappa shape index (κ2) is 8.99. The van der Waals surface area contributed by atoms with E-state index >= 15 is 0 Å². The first kappa shape index (κ1) is 20.0. The number of hydrogen-bond donors (Lipinski definition) is 2. The number of carbonyl (C=O) groups is 2. The van der Waals surface area contributed by atoms with Gasteiger partial charge in [0.05, 0.1) is 6.61 Å². The van der Waals surface area contributed by atoms with Crippen LogP contribution in [0.5, 0.6) is 0 Å². The highest BCUT2D eigenvalue weighted by molar-refractivity contribution is 5.93. The minimum absolute atomic E-state index is 0.0570. The number of likely N-dealkylation sites (tertiary alicyclic amines) is 1. The van der Waals surface area contributed by atoms with Gasteiger partial charge >= 0.3 is 12.1 Å². The SMILES string of the molecule is CCOC(=O)N1CCC(NC(=O)Nc2ccc3c(ccn3CC(C)C)c2)CC1. The van der Waals surface area contributed by atoms with Gasteiger partial charge in [-0.1, -0.05) is 13.8 Å². The molecule has 3 rings (SSSR count). The molecule has 0 radical (unpaired) electrons. The number of benzene rings is 1. The van der Waals surface area contributed by atoms with E-state index in [0.717, 1.165) is 30.5 Å². The van der Waals surface area contributed by atoms with Crippen molar-refractivity contribution in [1.29, 1.82) is 0 Å². The summed E-state index contributed by atoms with van der Waals surface area (Å²) in [4.78, 5) is 25.8. The smallest absolute Gasteiger partial charge is 0.409 e. The van der Waals surface area contributed by atoms with Crippen LogP contribution < -0.4 is 10.6 Å². The molecule has 152 valence electrons. The van der Waals surface area contributed by atoms with Gasteiger partial charge in [-0.25, -0.2) is 9.59 Å². The second-order valence-electron chi connectivity index (χ2n) is 7.69.